The second kappa shape index (κ2) is 13.4. The molecule has 0 radical (unpaired) electrons. The lowest BCUT2D eigenvalue weighted by atomic mass is 10.0. The van der Waals surface area contributed by atoms with Gasteiger partial charge in [-0.2, -0.15) is 22.0 Å². The van der Waals surface area contributed by atoms with Gasteiger partial charge in [-0.25, -0.2) is 30.7 Å². The van der Waals surface area contributed by atoms with E-state index in [9.17, 15) is 52.7 Å². The molecule has 0 aliphatic rings. The van der Waals surface area contributed by atoms with E-state index < -0.39 is 86.6 Å². The quantitative estimate of drug-likeness (QED) is 0.104. The molecule has 0 saturated heterocycles. The van der Waals surface area contributed by atoms with Gasteiger partial charge in [0, 0.05) is 17.7 Å². The van der Waals surface area contributed by atoms with Crippen molar-refractivity contribution in [2.24, 2.45) is 0 Å². The number of alkyl halides is 5. The highest BCUT2D eigenvalue weighted by Gasteiger charge is 2.42. The first-order valence-electron chi connectivity index (χ1n) is 13.4. The van der Waals surface area contributed by atoms with Gasteiger partial charge in [-0.1, -0.05) is 37.7 Å². The highest BCUT2D eigenvalue weighted by Crippen LogP contribution is 2.40. The second-order valence-electron chi connectivity index (χ2n) is 10.0. The molecule has 0 amide bonds. The molecule has 0 aromatic heterocycles. The summed E-state index contributed by atoms with van der Waals surface area (Å²) in [4.78, 5) is 0. The van der Waals surface area contributed by atoms with Crippen LogP contribution >= 0.6 is 0 Å². The number of hydrogen-bond acceptors (Lipinski definition) is 1. The van der Waals surface area contributed by atoms with Crippen LogP contribution in [0.4, 0.5) is 52.7 Å². The van der Waals surface area contributed by atoms with Gasteiger partial charge in [-0.15, -0.1) is 0 Å². The molecule has 0 atom stereocenters. The fourth-order valence-corrected chi connectivity index (χ4v) is 4.53. The van der Waals surface area contributed by atoms with Gasteiger partial charge in [-0.3, -0.25) is 0 Å². The molecule has 0 N–H and O–H groups in total. The van der Waals surface area contributed by atoms with Gasteiger partial charge < -0.3 is 4.74 Å². The van der Waals surface area contributed by atoms with E-state index in [0.717, 1.165) is 24.8 Å². The maximum Gasteiger partial charge on any atom is 0.432 e. The summed E-state index contributed by atoms with van der Waals surface area (Å²) in [5, 5.41) is 0. The minimum absolute atomic E-state index is 0.0181. The molecule has 1 nitrogen and oxygen atoms in total. The number of unbranched alkanes of at least 4 members (excludes halogenated alkanes) is 2. The SMILES string of the molecule is CCCCCc1ccc(C#Cc2cc(F)c(C(F)(F)Oc3cc(F)c(-c4cc(F)c(C(F)(F)F)c(F)c4)c(F)c3)c(F)c2)c(F)c1. The van der Waals surface area contributed by atoms with E-state index in [2.05, 4.69) is 16.6 Å². The van der Waals surface area contributed by atoms with E-state index in [4.69, 9.17) is 0 Å². The Labute approximate surface area is 254 Å². The molecule has 0 aliphatic heterocycles. The molecule has 4 aromatic carbocycles. The maximum absolute atomic E-state index is 14.9. The Morgan fingerprint density at radius 1 is 0.609 bits per heavy atom. The Morgan fingerprint density at radius 2 is 1.17 bits per heavy atom. The first-order chi connectivity index (χ1) is 21.5. The van der Waals surface area contributed by atoms with Crippen LogP contribution in [0.2, 0.25) is 0 Å². The zero-order valence-electron chi connectivity index (χ0n) is 23.5. The van der Waals surface area contributed by atoms with Gasteiger partial charge in [0.2, 0.25) is 0 Å². The molecule has 0 aliphatic carbocycles. The monoisotopic (exact) mass is 660 g/mol. The van der Waals surface area contributed by atoms with Crippen LogP contribution in [-0.2, 0) is 18.7 Å². The topological polar surface area (TPSA) is 9.23 Å². The van der Waals surface area contributed by atoms with E-state index in [1.54, 1.807) is 6.07 Å². The summed E-state index contributed by atoms with van der Waals surface area (Å²) in [6.07, 6.45) is -6.96. The predicted molar refractivity (Wildman–Crippen MR) is 143 cm³/mol. The molecule has 4 aromatic rings. The van der Waals surface area contributed by atoms with Crippen LogP contribution in [0.5, 0.6) is 5.75 Å². The second-order valence-corrected chi connectivity index (χ2v) is 10.0. The summed E-state index contributed by atoms with van der Waals surface area (Å²) < 4.78 is 173. The first kappa shape index (κ1) is 34.3. The lowest BCUT2D eigenvalue weighted by Crippen LogP contribution is -2.25. The van der Waals surface area contributed by atoms with Crippen molar-refractivity contribution in [1.82, 2.24) is 0 Å². The van der Waals surface area contributed by atoms with Gasteiger partial charge in [-0.05, 0) is 60.4 Å². The molecular weight excluding hydrogens is 640 g/mol. The fraction of sp³-hybridized carbons (Fsp3) is 0.212. The molecule has 0 saturated carbocycles. The molecule has 0 spiro atoms. The highest BCUT2D eigenvalue weighted by molar-refractivity contribution is 5.67. The van der Waals surface area contributed by atoms with Crippen LogP contribution in [0.1, 0.15) is 54.0 Å². The summed E-state index contributed by atoms with van der Waals surface area (Å²) in [5.41, 5.74) is -6.51. The van der Waals surface area contributed by atoms with Crippen molar-refractivity contribution in [3.05, 3.63) is 123 Å². The lowest BCUT2D eigenvalue weighted by molar-refractivity contribution is -0.189. The van der Waals surface area contributed by atoms with Crippen molar-refractivity contribution in [1.29, 1.82) is 0 Å². The summed E-state index contributed by atoms with van der Waals surface area (Å²) >= 11 is 0. The average molecular weight is 660 g/mol. The predicted octanol–water partition coefficient (Wildman–Crippen LogP) is 10.6. The average Bonchev–Trinajstić information content (AvgIpc) is 2.90. The third-order valence-electron chi connectivity index (χ3n) is 6.65. The van der Waals surface area contributed by atoms with Gasteiger partial charge in [0.05, 0.1) is 11.1 Å². The summed E-state index contributed by atoms with van der Waals surface area (Å²) in [7, 11) is 0. The Bertz CT molecular complexity index is 1760. The fourth-order valence-electron chi connectivity index (χ4n) is 4.53. The van der Waals surface area contributed by atoms with Crippen molar-refractivity contribution in [3.63, 3.8) is 0 Å². The first-order valence-corrected chi connectivity index (χ1v) is 13.4. The number of ether oxygens (including phenoxy) is 1. The zero-order valence-corrected chi connectivity index (χ0v) is 23.5. The third-order valence-corrected chi connectivity index (χ3v) is 6.65. The molecular formula is C33H20F12O. The summed E-state index contributed by atoms with van der Waals surface area (Å²) in [6, 6.07) is 5.16. The standard InChI is InChI=1S/C33H20F12O/c1-2-3-4-5-17-6-8-19(22(34)10-17)9-7-18-11-25(37)31(26(38)12-18)33(44,45)46-21-15-23(35)29(24(36)16-21)20-13-27(39)30(28(40)14-20)32(41,42)43/h6,8,10-16H,2-5H2,1H3. The Morgan fingerprint density at radius 3 is 1.70 bits per heavy atom. The van der Waals surface area contributed by atoms with Crippen molar-refractivity contribution < 1.29 is 57.4 Å². The van der Waals surface area contributed by atoms with Crippen LogP contribution in [0, 0.1) is 52.6 Å². The van der Waals surface area contributed by atoms with Crippen LogP contribution in [0.25, 0.3) is 11.1 Å². The Balaban J connectivity index is 1.58. The minimum Gasteiger partial charge on any atom is -0.429 e. The molecule has 0 heterocycles. The normalized spacial score (nSPS) is 11.8. The summed E-state index contributed by atoms with van der Waals surface area (Å²) in [6.45, 7) is 2.01. The van der Waals surface area contributed by atoms with Crippen molar-refractivity contribution >= 4 is 0 Å². The van der Waals surface area contributed by atoms with Crippen LogP contribution < -0.4 is 4.74 Å². The van der Waals surface area contributed by atoms with Crippen molar-refractivity contribution in [2.45, 2.75) is 44.9 Å². The molecule has 13 heteroatoms. The van der Waals surface area contributed by atoms with Crippen LogP contribution in [-0.4, -0.2) is 0 Å². The lowest BCUT2D eigenvalue weighted by Gasteiger charge is -2.20. The van der Waals surface area contributed by atoms with Gasteiger partial charge in [0.15, 0.2) is 0 Å². The minimum atomic E-state index is -5.47. The summed E-state index contributed by atoms with van der Waals surface area (Å²) in [5.74, 6) is -9.18. The number of rotatable bonds is 8. The highest BCUT2D eigenvalue weighted by atomic mass is 19.4. The molecule has 0 unspecified atom stereocenters. The van der Waals surface area contributed by atoms with Crippen molar-refractivity contribution in [2.75, 3.05) is 0 Å². The van der Waals surface area contributed by atoms with Gasteiger partial charge in [0.1, 0.15) is 57.6 Å². The van der Waals surface area contributed by atoms with E-state index in [0.29, 0.717) is 18.6 Å². The van der Waals surface area contributed by atoms with Crippen molar-refractivity contribution in [3.8, 4) is 28.7 Å². The zero-order chi connectivity index (χ0) is 34.0. The number of benzene rings is 4. The Kier molecular flexibility index (Phi) is 9.99. The van der Waals surface area contributed by atoms with E-state index in [1.807, 2.05) is 6.92 Å². The molecule has 0 bridgehead atoms. The van der Waals surface area contributed by atoms with E-state index in [-0.39, 0.29) is 29.8 Å². The maximum atomic E-state index is 14.9. The molecule has 4 rings (SSSR count). The van der Waals surface area contributed by atoms with Crippen LogP contribution in [0.15, 0.2) is 54.6 Å². The smallest absolute Gasteiger partial charge is 0.429 e. The Hall–Kier alpha value is -4.60. The largest absolute Gasteiger partial charge is 0.432 e. The van der Waals surface area contributed by atoms with Crippen LogP contribution in [0.3, 0.4) is 0 Å². The number of halogens is 12. The number of hydrogen-bond donors (Lipinski definition) is 0. The van der Waals surface area contributed by atoms with Gasteiger partial charge in [0.25, 0.3) is 0 Å². The third kappa shape index (κ3) is 7.61. The molecule has 46 heavy (non-hydrogen) atoms. The molecule has 242 valence electrons. The van der Waals surface area contributed by atoms with E-state index >= 15 is 0 Å². The number of aryl methyl sites for hydroxylation is 1. The molecule has 0 fully saturated rings. The van der Waals surface area contributed by atoms with E-state index in [1.165, 1.54) is 12.1 Å². The van der Waals surface area contributed by atoms with Gasteiger partial charge >= 0.3 is 12.3 Å².